The number of benzene rings is 7. The molecule has 2 aromatic heterocycles. The zero-order valence-corrected chi connectivity index (χ0v) is 36.6. The largest absolute Gasteiger partial charge is 0.466 e. The van der Waals surface area contributed by atoms with Gasteiger partial charge in [-0.1, -0.05) is 147 Å². The Hall–Kier alpha value is -6.46. The molecule has 0 radical (unpaired) electrons. The minimum atomic E-state index is -0.293. The van der Waals surface area contributed by atoms with E-state index in [0.29, 0.717) is 0 Å². The molecule has 9 aromatic rings. The first-order valence-corrected chi connectivity index (χ1v) is 21.7. The standard InChI is InChI=1S/C56H51BN2O2/c1-54(2,3)35-23-26-38(27-24-35)59-51-39(28-30-48-49(51)40-19-13-15-21-46(40)60-48)43-32-37(56(7,8)9)33-45-50(43)57(59)53-52(41-20-14-16-22-47(41)61-53)58(45)44-29-25-36(55(4,5)6)31-42(44)34-17-11-10-12-18-34/h10-33H,1-9H3. The SMILES string of the molecule is CC(C)(C)c1ccc(N2B3c4oc5ccccc5c4N(c4ccc(C(C)(C)C)cc4-c4ccccc4)c4cc(C(C)(C)C)cc(c43)-c3ccc4oc5ccccc5c4c32)cc1. The second-order valence-electron chi connectivity index (χ2n) is 20.2. The van der Waals surface area contributed by atoms with Gasteiger partial charge in [0.05, 0.1) is 16.8 Å². The summed E-state index contributed by atoms with van der Waals surface area (Å²) in [6.07, 6.45) is 0. The molecule has 0 unspecified atom stereocenters. The smallest absolute Gasteiger partial charge is 0.375 e. The lowest BCUT2D eigenvalue weighted by molar-refractivity contribution is 0.590. The van der Waals surface area contributed by atoms with Crippen LogP contribution in [-0.2, 0) is 16.2 Å². The Morgan fingerprint density at radius 2 is 1.05 bits per heavy atom. The Kier molecular flexibility index (Phi) is 8.01. The minimum Gasteiger partial charge on any atom is -0.466 e. The van der Waals surface area contributed by atoms with Crippen molar-refractivity contribution in [2.45, 2.75) is 78.6 Å². The summed E-state index contributed by atoms with van der Waals surface area (Å²) in [6, 6.07) is 53.7. The molecule has 4 heterocycles. The average Bonchev–Trinajstić information content (AvgIpc) is 3.82. The van der Waals surface area contributed by atoms with Crippen molar-refractivity contribution in [2.75, 3.05) is 9.71 Å². The van der Waals surface area contributed by atoms with E-state index in [9.17, 15) is 0 Å². The fraction of sp³-hybridized carbons (Fsp3) is 0.214. The molecule has 0 fully saturated rings. The summed E-state index contributed by atoms with van der Waals surface area (Å²) < 4.78 is 14.0. The predicted molar refractivity (Wildman–Crippen MR) is 259 cm³/mol. The van der Waals surface area contributed by atoms with Gasteiger partial charge in [0.2, 0.25) is 0 Å². The molecule has 0 N–H and O–H groups in total. The van der Waals surface area contributed by atoms with Crippen molar-refractivity contribution in [3.8, 4) is 22.3 Å². The van der Waals surface area contributed by atoms with Crippen molar-refractivity contribution < 1.29 is 8.83 Å². The lowest BCUT2D eigenvalue weighted by atomic mass is 9.45. The first-order valence-electron chi connectivity index (χ1n) is 21.7. The summed E-state index contributed by atoms with van der Waals surface area (Å²) in [5.41, 5.74) is 18.9. The van der Waals surface area contributed by atoms with E-state index in [1.807, 2.05) is 0 Å². The van der Waals surface area contributed by atoms with E-state index in [1.165, 1.54) is 50.1 Å². The highest BCUT2D eigenvalue weighted by atomic mass is 16.3. The molecule has 0 saturated heterocycles. The van der Waals surface area contributed by atoms with Crippen LogP contribution in [0.2, 0.25) is 0 Å². The zero-order chi connectivity index (χ0) is 42.2. The monoisotopic (exact) mass is 794 g/mol. The number of anilines is 5. The van der Waals surface area contributed by atoms with Crippen LogP contribution in [0, 0.1) is 0 Å². The Morgan fingerprint density at radius 1 is 0.443 bits per heavy atom. The van der Waals surface area contributed by atoms with Gasteiger partial charge in [0.25, 0.3) is 0 Å². The van der Waals surface area contributed by atoms with Crippen LogP contribution in [-0.4, -0.2) is 6.85 Å². The first kappa shape index (κ1) is 37.5. The number of furan rings is 2. The summed E-state index contributed by atoms with van der Waals surface area (Å²) in [5.74, 6) is 0. The van der Waals surface area contributed by atoms with Crippen molar-refractivity contribution in [1.82, 2.24) is 0 Å². The second-order valence-corrected chi connectivity index (χ2v) is 20.2. The summed E-state index contributed by atoms with van der Waals surface area (Å²) in [7, 11) is 0. The van der Waals surface area contributed by atoms with Crippen LogP contribution in [0.1, 0.15) is 79.0 Å². The van der Waals surface area contributed by atoms with Crippen LogP contribution in [0.4, 0.5) is 28.4 Å². The van der Waals surface area contributed by atoms with Crippen LogP contribution in [0.15, 0.2) is 154 Å². The third kappa shape index (κ3) is 5.73. The molecule has 5 heteroatoms. The predicted octanol–water partition coefficient (Wildman–Crippen LogP) is 14.6. The fourth-order valence-electron chi connectivity index (χ4n) is 9.82. The normalized spacial score (nSPS) is 13.9. The lowest BCUT2D eigenvalue weighted by Crippen LogP contribution is -2.61. The molecule has 0 amide bonds. The molecule has 0 aliphatic carbocycles. The number of nitrogens with zero attached hydrogens (tertiary/aromatic N) is 2. The summed E-state index contributed by atoms with van der Waals surface area (Å²) >= 11 is 0. The maximum absolute atomic E-state index is 7.33. The van der Waals surface area contributed by atoms with Gasteiger partial charge in [0, 0.05) is 39.0 Å². The first-order chi connectivity index (χ1) is 29.2. The molecule has 0 bridgehead atoms. The molecule has 61 heavy (non-hydrogen) atoms. The number of fused-ring (bicyclic) bond motifs is 10. The Morgan fingerprint density at radius 3 is 1.74 bits per heavy atom. The topological polar surface area (TPSA) is 32.8 Å². The Bertz CT molecular complexity index is 3210. The molecular weight excluding hydrogens is 743 g/mol. The van der Waals surface area contributed by atoms with Gasteiger partial charge in [-0.05, 0) is 110 Å². The third-order valence-corrected chi connectivity index (χ3v) is 13.1. The van der Waals surface area contributed by atoms with Gasteiger partial charge in [-0.2, -0.15) is 0 Å². The maximum Gasteiger partial charge on any atom is 0.375 e. The van der Waals surface area contributed by atoms with Crippen LogP contribution in [0.3, 0.4) is 0 Å². The molecular formula is C56H51BN2O2. The van der Waals surface area contributed by atoms with Crippen molar-refractivity contribution in [2.24, 2.45) is 0 Å². The Balaban J connectivity index is 1.32. The molecule has 11 rings (SSSR count). The number of hydrogen-bond donors (Lipinski definition) is 0. The molecule has 2 aliphatic heterocycles. The molecule has 0 saturated carbocycles. The summed E-state index contributed by atoms with van der Waals surface area (Å²) in [4.78, 5) is 5.10. The van der Waals surface area contributed by atoms with Gasteiger partial charge in [0.1, 0.15) is 22.4 Å². The molecule has 0 atom stereocenters. The number of rotatable bonds is 3. The highest BCUT2D eigenvalue weighted by Crippen LogP contribution is 2.54. The molecule has 7 aromatic carbocycles. The van der Waals surface area contributed by atoms with E-state index >= 15 is 0 Å². The van der Waals surface area contributed by atoms with Crippen LogP contribution >= 0.6 is 0 Å². The number of hydrogen-bond acceptors (Lipinski definition) is 4. The highest BCUT2D eigenvalue weighted by Gasteiger charge is 2.50. The van der Waals surface area contributed by atoms with Gasteiger partial charge < -0.3 is 18.5 Å². The van der Waals surface area contributed by atoms with Crippen LogP contribution < -0.4 is 20.8 Å². The summed E-state index contributed by atoms with van der Waals surface area (Å²) in [6.45, 7) is 20.4. The van der Waals surface area contributed by atoms with Gasteiger partial charge in [0.15, 0.2) is 0 Å². The van der Waals surface area contributed by atoms with E-state index in [0.717, 1.165) is 61.3 Å². The molecule has 2 aliphatic rings. The van der Waals surface area contributed by atoms with Crippen molar-refractivity contribution in [1.29, 1.82) is 0 Å². The van der Waals surface area contributed by atoms with Gasteiger partial charge in [-0.3, -0.25) is 0 Å². The molecule has 0 spiro atoms. The summed E-state index contributed by atoms with van der Waals surface area (Å²) in [5, 5.41) is 3.31. The average molecular weight is 795 g/mol. The Labute approximate surface area is 359 Å². The van der Waals surface area contributed by atoms with Crippen molar-refractivity contribution in [3.05, 3.63) is 162 Å². The number of para-hydroxylation sites is 2. The highest BCUT2D eigenvalue weighted by molar-refractivity contribution is 6.93. The van der Waals surface area contributed by atoms with Crippen molar-refractivity contribution >= 4 is 79.3 Å². The second kappa shape index (κ2) is 13.0. The fourth-order valence-corrected chi connectivity index (χ4v) is 9.82. The molecule has 300 valence electrons. The van der Waals surface area contributed by atoms with E-state index in [-0.39, 0.29) is 23.1 Å². The van der Waals surface area contributed by atoms with E-state index < -0.39 is 0 Å². The quantitative estimate of drug-likeness (QED) is 0.167. The van der Waals surface area contributed by atoms with Gasteiger partial charge >= 0.3 is 6.85 Å². The maximum atomic E-state index is 7.33. The van der Waals surface area contributed by atoms with Crippen LogP contribution in [0.5, 0.6) is 0 Å². The van der Waals surface area contributed by atoms with Crippen molar-refractivity contribution in [3.63, 3.8) is 0 Å². The lowest BCUT2D eigenvalue weighted by Gasteiger charge is -2.45. The minimum absolute atomic E-state index is 0.00569. The van der Waals surface area contributed by atoms with E-state index in [1.54, 1.807) is 0 Å². The van der Waals surface area contributed by atoms with E-state index in [4.69, 9.17) is 8.83 Å². The van der Waals surface area contributed by atoms with Gasteiger partial charge in [-0.15, -0.1) is 0 Å². The third-order valence-electron chi connectivity index (χ3n) is 13.1. The van der Waals surface area contributed by atoms with E-state index in [2.05, 4.69) is 218 Å². The van der Waals surface area contributed by atoms with Gasteiger partial charge in [-0.25, -0.2) is 0 Å². The zero-order valence-electron chi connectivity index (χ0n) is 36.6. The molecule has 4 nitrogen and oxygen atoms in total. The van der Waals surface area contributed by atoms with Crippen LogP contribution in [0.25, 0.3) is 55.2 Å².